The molecule has 0 aromatic rings. The molecule has 8 heavy (non-hydrogen) atoms. The Labute approximate surface area is 63.2 Å². The van der Waals surface area contributed by atoms with Crippen LogP contribution >= 0.6 is 23.0 Å². The minimum Gasteiger partial charge on any atom is -0.199 e. The van der Waals surface area contributed by atoms with Gasteiger partial charge < -0.3 is 0 Å². The first-order valence-electron chi connectivity index (χ1n) is 2.15. The smallest absolute Gasteiger partial charge is 0.199 e. The van der Waals surface area contributed by atoms with Crippen molar-refractivity contribution in [1.82, 2.24) is 0 Å². The van der Waals surface area contributed by atoms with Gasteiger partial charge in [0.1, 0.15) is 23.0 Å². The van der Waals surface area contributed by atoms with Crippen LogP contribution in [0.25, 0.3) is 0 Å². The zero-order valence-corrected chi connectivity index (χ0v) is 7.40. The summed E-state index contributed by atoms with van der Waals surface area (Å²) >= 11 is 1.37. The third-order valence-electron chi connectivity index (χ3n) is 0.550. The van der Waals surface area contributed by atoms with E-state index in [1.165, 1.54) is 23.0 Å². The summed E-state index contributed by atoms with van der Waals surface area (Å²) in [6, 6.07) is 0. The molecule has 0 aromatic heterocycles. The maximum absolute atomic E-state index is 10.4. The third kappa shape index (κ3) is 3.62. The monoisotopic (exact) mass is 250 g/mol. The van der Waals surface area contributed by atoms with Gasteiger partial charge in [-0.1, -0.05) is 6.92 Å². The molecule has 0 radical (unpaired) electrons. The lowest BCUT2D eigenvalue weighted by atomic mass is 10.6. The van der Waals surface area contributed by atoms with E-state index in [-0.39, 0.29) is 5.75 Å². The molecule has 0 atom stereocenters. The van der Waals surface area contributed by atoms with Crippen LogP contribution in [-0.4, -0.2) is 14.2 Å². The second-order valence-corrected chi connectivity index (χ2v) is 4.05. The molecular formula is C3H7IO3S. The SMILES string of the molecule is CCCS(=O)(=O)OI. The summed E-state index contributed by atoms with van der Waals surface area (Å²) in [5.41, 5.74) is 0. The molecule has 0 saturated heterocycles. The van der Waals surface area contributed by atoms with Gasteiger partial charge in [0.2, 0.25) is 0 Å². The fraction of sp³-hybridized carbons (Fsp3) is 1.00. The summed E-state index contributed by atoms with van der Waals surface area (Å²) in [7, 11) is -3.18. The van der Waals surface area contributed by atoms with Crippen molar-refractivity contribution in [3.63, 3.8) is 0 Å². The Morgan fingerprint density at radius 3 is 2.25 bits per heavy atom. The fourth-order valence-corrected chi connectivity index (χ4v) is 1.38. The zero-order chi connectivity index (χ0) is 6.62. The van der Waals surface area contributed by atoms with E-state index in [1.807, 2.05) is 0 Å². The van der Waals surface area contributed by atoms with Crippen LogP contribution in [0.4, 0.5) is 0 Å². The van der Waals surface area contributed by atoms with Crippen LogP contribution in [0, 0.1) is 0 Å². The van der Waals surface area contributed by atoms with Gasteiger partial charge in [-0.25, -0.2) is 0 Å². The lowest BCUT2D eigenvalue weighted by Crippen LogP contribution is -2.02. The van der Waals surface area contributed by atoms with E-state index in [1.54, 1.807) is 6.92 Å². The van der Waals surface area contributed by atoms with Crippen LogP contribution in [0.2, 0.25) is 0 Å². The van der Waals surface area contributed by atoms with Gasteiger partial charge in [-0.2, -0.15) is 10.9 Å². The zero-order valence-electron chi connectivity index (χ0n) is 4.43. The largest absolute Gasteiger partial charge is 0.276 e. The van der Waals surface area contributed by atoms with E-state index in [9.17, 15) is 8.42 Å². The van der Waals surface area contributed by atoms with Crippen molar-refractivity contribution in [1.29, 1.82) is 0 Å². The molecule has 5 heteroatoms. The Morgan fingerprint density at radius 1 is 1.62 bits per heavy atom. The van der Waals surface area contributed by atoms with E-state index < -0.39 is 10.1 Å². The fourth-order valence-electron chi connectivity index (χ4n) is 0.281. The first-order chi connectivity index (χ1) is 3.62. The number of halogens is 1. The molecular weight excluding hydrogens is 243 g/mol. The first-order valence-corrected chi connectivity index (χ1v) is 4.61. The highest BCUT2D eigenvalue weighted by Crippen LogP contribution is 2.00. The molecule has 0 heterocycles. The maximum atomic E-state index is 10.4. The summed E-state index contributed by atoms with van der Waals surface area (Å²) in [5, 5.41) is 0. The average Bonchev–Trinajstić information content (AvgIpc) is 1.67. The van der Waals surface area contributed by atoms with E-state index >= 15 is 0 Å². The summed E-state index contributed by atoms with van der Waals surface area (Å²) in [6.45, 7) is 1.78. The van der Waals surface area contributed by atoms with E-state index in [0.717, 1.165) is 0 Å². The van der Waals surface area contributed by atoms with Gasteiger partial charge >= 0.3 is 0 Å². The molecule has 0 saturated carbocycles. The van der Waals surface area contributed by atoms with Gasteiger partial charge in [0.15, 0.2) is 0 Å². The van der Waals surface area contributed by atoms with Gasteiger partial charge in [-0.3, -0.25) is 0 Å². The first kappa shape index (κ1) is 8.64. The normalized spacial score (nSPS) is 11.8. The van der Waals surface area contributed by atoms with Crippen LogP contribution in [0.5, 0.6) is 0 Å². The third-order valence-corrected chi connectivity index (χ3v) is 3.29. The maximum Gasteiger partial charge on any atom is 0.276 e. The number of hydrogen-bond acceptors (Lipinski definition) is 3. The molecule has 0 aliphatic rings. The quantitative estimate of drug-likeness (QED) is 0.704. The van der Waals surface area contributed by atoms with Gasteiger partial charge in [-0.15, -0.1) is 0 Å². The lowest BCUT2D eigenvalue weighted by molar-refractivity contribution is 0.535. The molecule has 0 N–H and O–H groups in total. The molecule has 50 valence electrons. The number of rotatable bonds is 3. The Morgan fingerprint density at radius 2 is 2.12 bits per heavy atom. The topological polar surface area (TPSA) is 43.4 Å². The average molecular weight is 250 g/mol. The molecule has 0 bridgehead atoms. The van der Waals surface area contributed by atoms with Crippen LogP contribution in [0.1, 0.15) is 13.3 Å². The minimum absolute atomic E-state index is 0.107. The van der Waals surface area contributed by atoms with Crippen LogP contribution < -0.4 is 0 Å². The second-order valence-electron chi connectivity index (χ2n) is 1.32. The summed E-state index contributed by atoms with van der Waals surface area (Å²) < 4.78 is 24.9. The van der Waals surface area contributed by atoms with E-state index in [4.69, 9.17) is 0 Å². The number of hydrogen-bond donors (Lipinski definition) is 0. The lowest BCUT2D eigenvalue weighted by Gasteiger charge is -1.92. The van der Waals surface area contributed by atoms with Crippen molar-refractivity contribution in [2.24, 2.45) is 0 Å². The van der Waals surface area contributed by atoms with Gasteiger partial charge in [0, 0.05) is 0 Å². The minimum atomic E-state index is -3.18. The molecule has 0 fully saturated rings. The van der Waals surface area contributed by atoms with Crippen molar-refractivity contribution in [2.75, 3.05) is 5.75 Å². The van der Waals surface area contributed by atoms with Crippen molar-refractivity contribution in [3.05, 3.63) is 0 Å². The highest BCUT2D eigenvalue weighted by Gasteiger charge is 2.05. The molecule has 0 aliphatic carbocycles. The Kier molecular flexibility index (Phi) is 3.91. The summed E-state index contributed by atoms with van der Waals surface area (Å²) in [5.74, 6) is 0.107. The van der Waals surface area contributed by atoms with Crippen LogP contribution in [-0.2, 0) is 12.6 Å². The molecule has 0 rings (SSSR count). The Bertz CT molecular complexity index is 139. The Hall–Kier alpha value is 0.640. The Balaban J connectivity index is 3.76. The van der Waals surface area contributed by atoms with Crippen molar-refractivity contribution in [3.8, 4) is 0 Å². The predicted octanol–water partition coefficient (Wildman–Crippen LogP) is 1.09. The molecule has 0 aromatic carbocycles. The second kappa shape index (κ2) is 3.62. The summed E-state index contributed by atoms with van der Waals surface area (Å²) in [6.07, 6.45) is 0.603. The predicted molar refractivity (Wildman–Crippen MR) is 39.2 cm³/mol. The van der Waals surface area contributed by atoms with Crippen molar-refractivity contribution >= 4 is 33.1 Å². The van der Waals surface area contributed by atoms with Gasteiger partial charge in [0.05, 0.1) is 5.75 Å². The highest BCUT2D eigenvalue weighted by atomic mass is 127. The van der Waals surface area contributed by atoms with E-state index in [0.29, 0.717) is 6.42 Å². The molecule has 3 nitrogen and oxygen atoms in total. The van der Waals surface area contributed by atoms with E-state index in [2.05, 4.69) is 2.51 Å². The standard InChI is InChI=1S/C3H7IO3S/c1-2-3-8(5,6)7-4/h2-3H2,1H3. The van der Waals surface area contributed by atoms with Gasteiger partial charge in [0.25, 0.3) is 10.1 Å². The molecule has 0 unspecified atom stereocenters. The van der Waals surface area contributed by atoms with Crippen molar-refractivity contribution < 1.29 is 10.9 Å². The van der Waals surface area contributed by atoms with Crippen LogP contribution in [0.15, 0.2) is 0 Å². The highest BCUT2D eigenvalue weighted by molar-refractivity contribution is 14.1. The van der Waals surface area contributed by atoms with Gasteiger partial charge in [-0.05, 0) is 6.42 Å². The van der Waals surface area contributed by atoms with Crippen LogP contribution in [0.3, 0.4) is 0 Å². The van der Waals surface area contributed by atoms with Crippen molar-refractivity contribution in [2.45, 2.75) is 13.3 Å². The molecule has 0 amide bonds. The molecule has 0 spiro atoms. The molecule has 0 aliphatic heterocycles. The summed E-state index contributed by atoms with van der Waals surface area (Å²) in [4.78, 5) is 0.